The predicted octanol–water partition coefficient (Wildman–Crippen LogP) is 13.8. The number of alkyl halides is 1. The van der Waals surface area contributed by atoms with Crippen LogP contribution in [-0.4, -0.2) is 183 Å². The Balaban J connectivity index is 0.000000202. The number of rotatable bonds is 43. The van der Waals surface area contributed by atoms with E-state index in [-0.39, 0.29) is 107 Å². The molecule has 0 amide bonds. The molecule has 8 unspecified atom stereocenters. The summed E-state index contributed by atoms with van der Waals surface area (Å²) in [7, 11) is 0. The van der Waals surface area contributed by atoms with Crippen LogP contribution in [0.5, 0.6) is 69.0 Å². The van der Waals surface area contributed by atoms with Gasteiger partial charge in [0.15, 0.2) is 0 Å². The maximum Gasteiger partial charge on any atom is 1.00 e. The number of benzene rings is 12. The van der Waals surface area contributed by atoms with E-state index in [1.54, 1.807) is 18.2 Å². The number of hydrogen-bond donors (Lipinski definition) is 2. The van der Waals surface area contributed by atoms with Crippen molar-refractivity contribution in [2.45, 2.75) is 48.8 Å². The molecule has 8 atom stereocenters. The van der Waals surface area contributed by atoms with Crippen LogP contribution in [0.15, 0.2) is 256 Å². The van der Waals surface area contributed by atoms with Gasteiger partial charge in [-0.15, -0.1) is 19.7 Å². The van der Waals surface area contributed by atoms with Gasteiger partial charge in [-0.25, -0.2) is 0 Å². The summed E-state index contributed by atoms with van der Waals surface area (Å²) in [5.74, 6) is 8.68. The van der Waals surface area contributed by atoms with Crippen LogP contribution < -0.4 is 86.4 Å². The summed E-state index contributed by atoms with van der Waals surface area (Å²) in [5, 5.41) is 34.1. The van der Waals surface area contributed by atoms with Gasteiger partial charge in [0, 0.05) is 26.9 Å². The molecule has 4 aliphatic rings. The average Bonchev–Trinajstić information content (AvgIpc) is 1.53. The van der Waals surface area contributed by atoms with E-state index in [1.807, 2.05) is 218 Å². The fourth-order valence-corrected chi connectivity index (χ4v) is 12.3. The molecule has 0 saturated carbocycles. The largest absolute Gasteiger partial charge is 1.00 e. The first kappa shape index (κ1) is 83.1. The van der Waals surface area contributed by atoms with Crippen LogP contribution in [0.1, 0.15) is 1.43 Å². The minimum atomic E-state index is -0.841. The third-order valence-electron chi connectivity index (χ3n) is 18.6. The minimum Gasteiger partial charge on any atom is -1.00 e. The van der Waals surface area contributed by atoms with Crippen LogP contribution >= 0.6 is 15.9 Å². The number of allylic oxidation sites excluding steroid dienone is 1. The van der Waals surface area contributed by atoms with Crippen molar-refractivity contribution < 1.29 is 126 Å². The van der Waals surface area contributed by atoms with Crippen molar-refractivity contribution in [3.63, 3.8) is 0 Å². The van der Waals surface area contributed by atoms with E-state index in [0.717, 1.165) is 131 Å². The fraction of sp³-hybridized carbons (Fsp3) is 0.290. The van der Waals surface area contributed by atoms with Gasteiger partial charge in [-0.3, -0.25) is 0 Å². The van der Waals surface area contributed by atoms with Gasteiger partial charge in [0.25, 0.3) is 0 Å². The van der Waals surface area contributed by atoms with E-state index < -0.39 is 12.2 Å². The van der Waals surface area contributed by atoms with E-state index in [2.05, 4.69) is 35.7 Å². The molecule has 20 nitrogen and oxygen atoms in total. The Hall–Kier alpha value is -9.82. The van der Waals surface area contributed by atoms with Crippen molar-refractivity contribution in [2.75, 3.05) is 124 Å². The van der Waals surface area contributed by atoms with Gasteiger partial charge >= 0.3 is 29.6 Å². The van der Waals surface area contributed by atoms with Crippen LogP contribution in [0.25, 0.3) is 64.6 Å². The molecule has 2 N–H and O–H groups in total. The Morgan fingerprint density at radius 2 is 0.539 bits per heavy atom. The van der Waals surface area contributed by atoms with Gasteiger partial charge in [0.1, 0.15) is 197 Å². The maximum atomic E-state index is 10.6. The molecule has 0 aromatic heterocycles. The summed E-state index contributed by atoms with van der Waals surface area (Å²) in [6.45, 7) is 18.4. The van der Waals surface area contributed by atoms with Gasteiger partial charge in [-0.05, 0) is 189 Å². The Morgan fingerprint density at radius 3 is 0.765 bits per heavy atom. The summed E-state index contributed by atoms with van der Waals surface area (Å²) in [6, 6.07) is 70.6. The molecule has 16 rings (SSSR count). The summed E-state index contributed by atoms with van der Waals surface area (Å²) in [4.78, 5) is 0. The second kappa shape index (κ2) is 42.2. The van der Waals surface area contributed by atoms with Gasteiger partial charge in [-0.2, -0.15) is 0 Å². The number of epoxide rings is 4. The SMILES string of the molecule is C=CCBr.C=CCOC(COc1ccc2ccc(OCC(COc3ccc4c(OCC5CO5)cccc4c3)OCC=C)cc2c1)COc1ccc2c(OCC3CO3)cccc2c1.OC(COc1ccc2ccc(OCC(O)COc3ccc4c(OCC5CO5)cccc4c3)cc2c1)COc1ccc2c(OCC3CO3)cccc2c1.[H-].[Na+]. The second-order valence-corrected chi connectivity index (χ2v) is 28.3. The Kier molecular flexibility index (Phi) is 30.5. The molecular formula is C93H94BrNaO20. The van der Waals surface area contributed by atoms with Gasteiger partial charge < -0.3 is 96.9 Å². The van der Waals surface area contributed by atoms with Crippen LogP contribution in [-0.2, 0) is 28.4 Å². The molecule has 22 heteroatoms. The minimum absolute atomic E-state index is 0. The maximum absolute atomic E-state index is 10.6. The number of aliphatic hydroxyl groups excluding tert-OH is 2. The molecule has 0 spiro atoms. The Labute approximate surface area is 700 Å². The van der Waals surface area contributed by atoms with E-state index in [4.69, 9.17) is 85.3 Å². The topological polar surface area (TPSA) is 220 Å². The van der Waals surface area contributed by atoms with E-state index in [9.17, 15) is 10.2 Å². The van der Waals surface area contributed by atoms with Crippen LogP contribution in [0.3, 0.4) is 0 Å². The van der Waals surface area contributed by atoms with Crippen molar-refractivity contribution in [1.82, 2.24) is 0 Å². The molecule has 0 bridgehead atoms. The zero-order chi connectivity index (χ0) is 78.2. The number of ether oxygens (including phenoxy) is 18. The quantitative estimate of drug-likeness (QED) is 0.0157. The molecule has 0 radical (unpaired) electrons. The zero-order valence-corrected chi connectivity index (χ0v) is 67.9. The third kappa shape index (κ3) is 25.3. The van der Waals surface area contributed by atoms with Crippen molar-refractivity contribution >= 4 is 80.6 Å². The van der Waals surface area contributed by atoms with E-state index in [0.29, 0.717) is 87.4 Å². The van der Waals surface area contributed by atoms with Crippen LogP contribution in [0.4, 0.5) is 0 Å². The zero-order valence-electron chi connectivity index (χ0n) is 65.3. The summed E-state index contributed by atoms with van der Waals surface area (Å²) in [6.07, 6.45) is 3.63. The van der Waals surface area contributed by atoms with E-state index >= 15 is 0 Å². The predicted molar refractivity (Wildman–Crippen MR) is 446 cm³/mol. The van der Waals surface area contributed by atoms with Gasteiger partial charge in [0.05, 0.1) is 39.6 Å². The Bertz CT molecular complexity index is 4890. The van der Waals surface area contributed by atoms with E-state index in [1.165, 1.54) is 0 Å². The van der Waals surface area contributed by atoms with Gasteiger partial charge in [0.2, 0.25) is 0 Å². The number of fused-ring (bicyclic) bond motifs is 6. The molecule has 4 saturated heterocycles. The molecule has 4 aliphatic heterocycles. The molecule has 0 aliphatic carbocycles. The molecule has 594 valence electrons. The molecule has 4 heterocycles. The number of aliphatic hydroxyl groups is 2. The first-order valence-corrected chi connectivity index (χ1v) is 39.3. The third-order valence-corrected chi connectivity index (χ3v) is 19.1. The average molecular weight is 1630 g/mol. The smallest absolute Gasteiger partial charge is 1.00 e. The van der Waals surface area contributed by atoms with Crippen molar-refractivity contribution in [1.29, 1.82) is 0 Å². The fourth-order valence-electron chi connectivity index (χ4n) is 12.3. The molecule has 115 heavy (non-hydrogen) atoms. The molecule has 12 aromatic carbocycles. The monoisotopic (exact) mass is 1630 g/mol. The first-order chi connectivity index (χ1) is 56.0. The second-order valence-electron chi connectivity index (χ2n) is 27.7. The van der Waals surface area contributed by atoms with Gasteiger partial charge in [-0.1, -0.05) is 107 Å². The summed E-state index contributed by atoms with van der Waals surface area (Å²) >= 11 is 3.13. The molecular weight excluding hydrogens is 1540 g/mol. The van der Waals surface area contributed by atoms with Crippen LogP contribution in [0.2, 0.25) is 0 Å². The van der Waals surface area contributed by atoms with Crippen molar-refractivity contribution in [2.24, 2.45) is 0 Å². The molecule has 12 aromatic rings. The van der Waals surface area contributed by atoms with Crippen LogP contribution in [0, 0.1) is 0 Å². The normalized spacial score (nSPS) is 16.5. The summed E-state index contributed by atoms with van der Waals surface area (Å²) in [5.41, 5.74) is 0. The first-order valence-electron chi connectivity index (χ1n) is 38.2. The van der Waals surface area contributed by atoms with Crippen molar-refractivity contribution in [3.8, 4) is 69.0 Å². The number of hydrogen-bond acceptors (Lipinski definition) is 20. The van der Waals surface area contributed by atoms with Crippen molar-refractivity contribution in [3.05, 3.63) is 256 Å². The summed E-state index contributed by atoms with van der Waals surface area (Å²) < 4.78 is 105. The Morgan fingerprint density at radius 1 is 0.313 bits per heavy atom. The standard InChI is InChI=1S/C48H48O10.C42H40O10.C3H5Br.Na.H/c1-3-19-49-41(27-53-39-15-17-45-34(21-39)7-5-9-47(45)57-31-43-29-55-43)25-51-37-13-11-33-12-14-38(24-36(33)23-37)52-26-42(50-20-4-2)28-54-40-16-18-46-35(22-40)8-6-10-48(46)58-32-44-30-56-44;43-31(21-47-35-11-13-39-28(15-35)3-1-5-41(39)51-25-37-23-49-37)19-45-33-9-7-27-8-10-34(18-30(27)17-33)46-20-32(44)22-48-36-12-14-40-29(16-36)4-2-6-42(40)52-26-38-24-50-38;1-2-3-4;;/h3-18,21-24,41-44H,1-2,19-20,25-32H2;1-18,31-32,37-38,43-44H,19-26H2;2H,1,3H2;;/q;;;+1;-1. The number of halogens is 1. The molecule has 4 fully saturated rings.